The number of pyridine rings is 1. The van der Waals surface area contributed by atoms with E-state index in [0.29, 0.717) is 29.3 Å². The monoisotopic (exact) mass is 356 g/mol. The molecule has 0 spiro atoms. The summed E-state index contributed by atoms with van der Waals surface area (Å²) in [6.45, 7) is 5.49. The molecule has 1 aromatic carbocycles. The first kappa shape index (κ1) is 17.3. The van der Waals surface area contributed by atoms with Crippen LogP contribution in [0.1, 0.15) is 31.2 Å². The van der Waals surface area contributed by atoms with Gasteiger partial charge in [0.2, 0.25) is 0 Å². The number of hydrogen-bond donors (Lipinski definition) is 1. The highest BCUT2D eigenvalue weighted by Crippen LogP contribution is 2.40. The number of ether oxygens (including phenoxy) is 1. The van der Waals surface area contributed by atoms with Crippen LogP contribution in [0.2, 0.25) is 0 Å². The van der Waals surface area contributed by atoms with Crippen LogP contribution in [0, 0.1) is 17.7 Å². The molecule has 1 aliphatic carbocycles. The molecule has 0 amide bonds. The van der Waals surface area contributed by atoms with Gasteiger partial charge in [0.1, 0.15) is 17.3 Å². The molecule has 1 saturated heterocycles. The average molecular weight is 356 g/mol. The maximum Gasteiger partial charge on any atom is 0.145 e. The van der Waals surface area contributed by atoms with Gasteiger partial charge in [-0.1, -0.05) is 19.1 Å². The molecule has 4 rings (SSSR count). The molecule has 1 saturated carbocycles. The smallest absolute Gasteiger partial charge is 0.145 e. The number of hydrogen-bond acceptors (Lipinski definition) is 4. The minimum atomic E-state index is -0.352. The number of phenols is 1. The lowest BCUT2D eigenvalue weighted by Gasteiger charge is -2.23. The molecular weight excluding hydrogens is 331 g/mol. The molecule has 0 radical (unpaired) electrons. The quantitative estimate of drug-likeness (QED) is 0.885. The lowest BCUT2D eigenvalue weighted by Crippen LogP contribution is -2.28. The number of fused-ring (bicyclic) bond motifs is 1. The van der Waals surface area contributed by atoms with Crippen LogP contribution in [0.5, 0.6) is 11.5 Å². The first-order valence-electron chi connectivity index (χ1n) is 9.35. The van der Waals surface area contributed by atoms with E-state index in [9.17, 15) is 9.50 Å². The molecule has 1 aromatic heterocycles. The predicted octanol–water partition coefficient (Wildman–Crippen LogP) is 3.82. The van der Waals surface area contributed by atoms with Crippen LogP contribution in [0.15, 0.2) is 42.7 Å². The van der Waals surface area contributed by atoms with E-state index in [0.717, 1.165) is 32.5 Å². The van der Waals surface area contributed by atoms with E-state index >= 15 is 0 Å². The van der Waals surface area contributed by atoms with Crippen molar-refractivity contribution >= 4 is 0 Å². The van der Waals surface area contributed by atoms with Crippen molar-refractivity contribution in [3.63, 3.8) is 0 Å². The van der Waals surface area contributed by atoms with Crippen LogP contribution in [0.4, 0.5) is 4.39 Å². The van der Waals surface area contributed by atoms with Gasteiger partial charge in [-0.2, -0.15) is 0 Å². The van der Waals surface area contributed by atoms with Gasteiger partial charge in [0, 0.05) is 25.7 Å². The summed E-state index contributed by atoms with van der Waals surface area (Å²) in [5.41, 5.74) is 1.26. The fourth-order valence-corrected chi connectivity index (χ4v) is 4.53. The van der Waals surface area contributed by atoms with Gasteiger partial charge >= 0.3 is 0 Å². The van der Waals surface area contributed by atoms with Crippen LogP contribution >= 0.6 is 0 Å². The van der Waals surface area contributed by atoms with Gasteiger partial charge in [-0.25, -0.2) is 4.39 Å². The third kappa shape index (κ3) is 3.83. The standard InChI is InChI=1S/C21H25FN2O2/c1-14(15-2-4-19(25)5-3-15)11-24-12-16-6-20(7-17(16)13-24)26-21-8-18(22)9-23-10-21/h2-5,8-10,14,16-17,20,25H,6-7,11-13H2,1H3/t14?,16-,17+,20+. The second-order valence-electron chi connectivity index (χ2n) is 7.78. The van der Waals surface area contributed by atoms with Crippen LogP contribution in [-0.4, -0.2) is 40.7 Å². The number of rotatable bonds is 5. The van der Waals surface area contributed by atoms with Crippen molar-refractivity contribution in [2.24, 2.45) is 11.8 Å². The van der Waals surface area contributed by atoms with Crippen molar-refractivity contribution in [1.82, 2.24) is 9.88 Å². The fourth-order valence-electron chi connectivity index (χ4n) is 4.53. The summed E-state index contributed by atoms with van der Waals surface area (Å²) in [4.78, 5) is 6.40. The fraction of sp³-hybridized carbons (Fsp3) is 0.476. The Morgan fingerprint density at radius 3 is 2.54 bits per heavy atom. The van der Waals surface area contributed by atoms with Crippen molar-refractivity contribution in [2.75, 3.05) is 19.6 Å². The molecule has 4 nitrogen and oxygen atoms in total. The Labute approximate surface area is 153 Å². The summed E-state index contributed by atoms with van der Waals surface area (Å²) >= 11 is 0. The van der Waals surface area contributed by atoms with Crippen LogP contribution in [-0.2, 0) is 0 Å². The average Bonchev–Trinajstić information content (AvgIpc) is 3.13. The minimum absolute atomic E-state index is 0.172. The van der Waals surface area contributed by atoms with Gasteiger partial charge in [0.25, 0.3) is 0 Å². The Morgan fingerprint density at radius 2 is 1.88 bits per heavy atom. The zero-order valence-corrected chi connectivity index (χ0v) is 15.0. The van der Waals surface area contributed by atoms with Crippen LogP contribution in [0.3, 0.4) is 0 Å². The van der Waals surface area contributed by atoms with Crippen LogP contribution < -0.4 is 4.74 Å². The topological polar surface area (TPSA) is 45.6 Å². The lowest BCUT2D eigenvalue weighted by atomic mass is 10.0. The number of phenolic OH excluding ortho intramolecular Hbond substituents is 1. The molecule has 2 heterocycles. The van der Waals surface area contributed by atoms with Gasteiger partial charge in [0.15, 0.2) is 0 Å². The van der Waals surface area contributed by atoms with Gasteiger partial charge < -0.3 is 14.7 Å². The van der Waals surface area contributed by atoms with Crippen molar-refractivity contribution in [1.29, 1.82) is 0 Å². The number of nitrogens with zero attached hydrogens (tertiary/aromatic N) is 2. The highest BCUT2D eigenvalue weighted by Gasteiger charge is 2.42. The van der Waals surface area contributed by atoms with E-state index < -0.39 is 0 Å². The Bertz CT molecular complexity index is 738. The summed E-state index contributed by atoms with van der Waals surface area (Å²) in [7, 11) is 0. The second-order valence-corrected chi connectivity index (χ2v) is 7.78. The van der Waals surface area contributed by atoms with E-state index in [1.807, 2.05) is 12.1 Å². The number of aromatic nitrogens is 1. The van der Waals surface area contributed by atoms with Crippen LogP contribution in [0.25, 0.3) is 0 Å². The summed E-state index contributed by atoms with van der Waals surface area (Å²) in [6, 6.07) is 8.94. The molecule has 5 heteroatoms. The van der Waals surface area contributed by atoms with Gasteiger partial charge in [-0.15, -0.1) is 0 Å². The minimum Gasteiger partial charge on any atom is -0.508 e. The Balaban J connectivity index is 1.28. The van der Waals surface area contributed by atoms with Crippen molar-refractivity contribution < 1.29 is 14.2 Å². The molecule has 138 valence electrons. The Hall–Kier alpha value is -2.14. The zero-order valence-electron chi connectivity index (χ0n) is 15.0. The molecule has 0 bridgehead atoms. The molecule has 1 unspecified atom stereocenters. The van der Waals surface area contributed by atoms with E-state index in [2.05, 4.69) is 16.8 Å². The SMILES string of the molecule is CC(CN1C[C@H]2C[C@H](Oc3cncc(F)c3)C[C@H]2C1)c1ccc(O)cc1. The highest BCUT2D eigenvalue weighted by molar-refractivity contribution is 5.28. The molecule has 2 aliphatic rings. The van der Waals surface area contributed by atoms with E-state index in [1.165, 1.54) is 17.8 Å². The number of likely N-dealkylation sites (tertiary alicyclic amines) is 1. The normalized spacial score (nSPS) is 26.6. The predicted molar refractivity (Wildman–Crippen MR) is 97.8 cm³/mol. The first-order valence-corrected chi connectivity index (χ1v) is 9.35. The van der Waals surface area contributed by atoms with E-state index in [1.54, 1.807) is 18.3 Å². The number of halogens is 1. The summed E-state index contributed by atoms with van der Waals surface area (Å²) in [5, 5.41) is 9.43. The second kappa shape index (κ2) is 7.23. The van der Waals surface area contributed by atoms with Gasteiger partial charge in [0.05, 0.1) is 18.5 Å². The molecule has 2 aromatic rings. The third-order valence-corrected chi connectivity index (χ3v) is 5.76. The lowest BCUT2D eigenvalue weighted by molar-refractivity contribution is 0.183. The first-order chi connectivity index (χ1) is 12.6. The van der Waals surface area contributed by atoms with E-state index in [-0.39, 0.29) is 11.9 Å². The molecule has 26 heavy (non-hydrogen) atoms. The van der Waals surface area contributed by atoms with Gasteiger partial charge in [-0.3, -0.25) is 4.98 Å². The molecular formula is C21H25FN2O2. The van der Waals surface area contributed by atoms with Crippen molar-refractivity contribution in [2.45, 2.75) is 31.8 Å². The van der Waals surface area contributed by atoms with Gasteiger partial charge in [-0.05, 0) is 48.3 Å². The summed E-state index contributed by atoms with van der Waals surface area (Å²) < 4.78 is 19.2. The number of aromatic hydroxyl groups is 1. The highest BCUT2D eigenvalue weighted by atomic mass is 19.1. The molecule has 2 fully saturated rings. The summed E-state index contributed by atoms with van der Waals surface area (Å²) in [5.74, 6) is 2.26. The largest absolute Gasteiger partial charge is 0.508 e. The maximum absolute atomic E-state index is 13.2. The Kier molecular flexibility index (Phi) is 4.81. The third-order valence-electron chi connectivity index (χ3n) is 5.76. The molecule has 1 aliphatic heterocycles. The zero-order chi connectivity index (χ0) is 18.1. The Morgan fingerprint density at radius 1 is 1.19 bits per heavy atom. The molecule has 4 atom stereocenters. The summed E-state index contributed by atoms with van der Waals surface area (Å²) in [6.07, 6.45) is 5.02. The van der Waals surface area contributed by atoms with E-state index in [4.69, 9.17) is 4.74 Å². The van der Waals surface area contributed by atoms with Crippen molar-refractivity contribution in [3.8, 4) is 11.5 Å². The molecule has 1 N–H and O–H groups in total. The van der Waals surface area contributed by atoms with Crippen molar-refractivity contribution in [3.05, 3.63) is 54.1 Å². The maximum atomic E-state index is 13.2. The number of benzene rings is 1.